The van der Waals surface area contributed by atoms with Crippen LogP contribution in [0.3, 0.4) is 0 Å². The molecule has 4 nitrogen and oxygen atoms in total. The predicted molar refractivity (Wildman–Crippen MR) is 104 cm³/mol. The molecule has 0 spiro atoms. The Morgan fingerprint density at radius 2 is 1.73 bits per heavy atom. The van der Waals surface area contributed by atoms with E-state index in [0.717, 1.165) is 65.4 Å². The van der Waals surface area contributed by atoms with Crippen molar-refractivity contribution in [1.29, 1.82) is 0 Å². The van der Waals surface area contributed by atoms with Gasteiger partial charge < -0.3 is 14.8 Å². The van der Waals surface area contributed by atoms with E-state index in [2.05, 4.69) is 11.1 Å². The van der Waals surface area contributed by atoms with Gasteiger partial charge in [0.25, 0.3) is 5.56 Å². The number of hydrogen-bond acceptors (Lipinski definition) is 3. The molecule has 1 aliphatic rings. The van der Waals surface area contributed by atoms with E-state index in [1.807, 2.05) is 36.4 Å². The van der Waals surface area contributed by atoms with Gasteiger partial charge in [-0.15, -0.1) is 0 Å². The zero-order valence-electron chi connectivity index (χ0n) is 14.8. The van der Waals surface area contributed by atoms with Crippen molar-refractivity contribution in [3.8, 4) is 17.0 Å². The Morgan fingerprint density at radius 3 is 2.58 bits per heavy atom. The van der Waals surface area contributed by atoms with Crippen LogP contribution in [0.5, 0.6) is 5.75 Å². The molecule has 0 saturated carbocycles. The van der Waals surface area contributed by atoms with Crippen LogP contribution in [0, 0.1) is 0 Å². The van der Waals surface area contributed by atoms with Crippen molar-refractivity contribution in [1.82, 2.24) is 4.98 Å². The van der Waals surface area contributed by atoms with Gasteiger partial charge in [0.2, 0.25) is 0 Å². The second-order valence-corrected chi connectivity index (χ2v) is 6.80. The minimum atomic E-state index is -0.0394. The van der Waals surface area contributed by atoms with Crippen molar-refractivity contribution in [2.24, 2.45) is 0 Å². The maximum atomic E-state index is 12.4. The second-order valence-electron chi connectivity index (χ2n) is 6.80. The number of hydrogen-bond donors (Lipinski definition) is 2. The topological polar surface area (TPSA) is 62.3 Å². The van der Waals surface area contributed by atoms with Crippen molar-refractivity contribution in [3.63, 3.8) is 0 Å². The summed E-state index contributed by atoms with van der Waals surface area (Å²) in [7, 11) is 0. The monoisotopic (exact) mass is 349 g/mol. The average molecular weight is 349 g/mol. The SMILES string of the molecule is O=c1[nH]c2c(c3ccccc13)Cc1c(OCCCCCCO)cccc1-2. The molecule has 4 rings (SSSR count). The summed E-state index contributed by atoms with van der Waals surface area (Å²) in [5.41, 5.74) is 4.29. The summed E-state index contributed by atoms with van der Waals surface area (Å²) in [4.78, 5) is 15.5. The molecule has 2 aromatic carbocycles. The van der Waals surface area contributed by atoms with Crippen LogP contribution in [0.15, 0.2) is 47.3 Å². The highest BCUT2D eigenvalue weighted by molar-refractivity contribution is 5.93. The third kappa shape index (κ3) is 3.01. The lowest BCUT2D eigenvalue weighted by Gasteiger charge is -2.10. The molecule has 1 heterocycles. The molecule has 0 amide bonds. The first kappa shape index (κ1) is 16.9. The molecule has 0 unspecified atom stereocenters. The van der Waals surface area contributed by atoms with E-state index in [1.54, 1.807) is 0 Å². The number of H-pyrrole nitrogens is 1. The maximum absolute atomic E-state index is 12.4. The molecular formula is C22H23NO3. The first-order valence-electron chi connectivity index (χ1n) is 9.29. The number of pyridine rings is 1. The lowest BCUT2D eigenvalue weighted by atomic mass is 10.0. The molecule has 1 aromatic heterocycles. The Morgan fingerprint density at radius 1 is 0.923 bits per heavy atom. The summed E-state index contributed by atoms with van der Waals surface area (Å²) in [5.74, 6) is 0.908. The summed E-state index contributed by atoms with van der Waals surface area (Å²) in [5, 5.41) is 10.6. The standard InChI is InChI=1S/C22H23NO3/c24-12-5-1-2-6-13-26-20-11-7-10-16-18(20)14-19-15-8-3-4-9-17(15)22(25)23-21(16)19/h3-4,7-11,24H,1-2,5-6,12-14H2,(H,23,25). The zero-order valence-corrected chi connectivity index (χ0v) is 14.8. The predicted octanol–water partition coefficient (Wildman–Crippen LogP) is 4.03. The molecule has 0 atom stereocenters. The average Bonchev–Trinajstić information content (AvgIpc) is 3.04. The number of rotatable bonds is 7. The largest absolute Gasteiger partial charge is 0.493 e. The summed E-state index contributed by atoms with van der Waals surface area (Å²) >= 11 is 0. The van der Waals surface area contributed by atoms with E-state index in [1.165, 1.54) is 5.56 Å². The molecule has 3 aromatic rings. The van der Waals surface area contributed by atoms with Gasteiger partial charge in [-0.3, -0.25) is 4.79 Å². The summed E-state index contributed by atoms with van der Waals surface area (Å²) in [6.45, 7) is 0.937. The Kier molecular flexibility index (Phi) is 4.76. The number of unbranched alkanes of at least 4 members (excludes halogenated alkanes) is 3. The van der Waals surface area contributed by atoms with E-state index in [-0.39, 0.29) is 12.2 Å². The van der Waals surface area contributed by atoms with Gasteiger partial charge in [0.05, 0.1) is 12.3 Å². The number of ether oxygens (including phenoxy) is 1. The highest BCUT2D eigenvalue weighted by Crippen LogP contribution is 2.41. The Hall–Kier alpha value is -2.59. The van der Waals surface area contributed by atoms with E-state index >= 15 is 0 Å². The quantitative estimate of drug-likeness (QED) is 0.495. The van der Waals surface area contributed by atoms with Crippen molar-refractivity contribution in [3.05, 3.63) is 63.9 Å². The number of aromatic amines is 1. The molecule has 0 bridgehead atoms. The van der Waals surface area contributed by atoms with Crippen molar-refractivity contribution >= 4 is 10.8 Å². The molecule has 26 heavy (non-hydrogen) atoms. The fraction of sp³-hybridized carbons (Fsp3) is 0.318. The van der Waals surface area contributed by atoms with Gasteiger partial charge in [-0.25, -0.2) is 0 Å². The summed E-state index contributed by atoms with van der Waals surface area (Å²) < 4.78 is 6.05. The van der Waals surface area contributed by atoms with Gasteiger partial charge in [-0.2, -0.15) is 0 Å². The van der Waals surface area contributed by atoms with Gasteiger partial charge in [0, 0.05) is 29.5 Å². The van der Waals surface area contributed by atoms with Crippen LogP contribution >= 0.6 is 0 Å². The Labute approximate surface area is 152 Å². The Bertz CT molecular complexity index is 990. The van der Waals surface area contributed by atoms with Gasteiger partial charge in [0.1, 0.15) is 5.75 Å². The van der Waals surface area contributed by atoms with Crippen LogP contribution in [-0.4, -0.2) is 23.3 Å². The molecule has 134 valence electrons. The first-order chi connectivity index (χ1) is 12.8. The third-order valence-corrected chi connectivity index (χ3v) is 5.10. The molecular weight excluding hydrogens is 326 g/mol. The molecule has 4 heteroatoms. The molecule has 0 aliphatic heterocycles. The lowest BCUT2D eigenvalue weighted by Crippen LogP contribution is -2.08. The maximum Gasteiger partial charge on any atom is 0.256 e. The smallest absolute Gasteiger partial charge is 0.256 e. The molecule has 0 saturated heterocycles. The van der Waals surface area contributed by atoms with Gasteiger partial charge in [-0.05, 0) is 42.3 Å². The van der Waals surface area contributed by atoms with Crippen molar-refractivity contribution in [2.45, 2.75) is 32.1 Å². The first-order valence-corrected chi connectivity index (χ1v) is 9.29. The second kappa shape index (κ2) is 7.34. The zero-order chi connectivity index (χ0) is 17.9. The van der Waals surface area contributed by atoms with E-state index < -0.39 is 0 Å². The number of nitrogens with one attached hydrogen (secondary N) is 1. The minimum absolute atomic E-state index is 0.0394. The Balaban J connectivity index is 1.60. The van der Waals surface area contributed by atoms with Crippen LogP contribution in [0.25, 0.3) is 22.0 Å². The van der Waals surface area contributed by atoms with E-state index in [9.17, 15) is 4.79 Å². The van der Waals surface area contributed by atoms with Crippen LogP contribution < -0.4 is 10.3 Å². The molecule has 0 fully saturated rings. The third-order valence-electron chi connectivity index (χ3n) is 5.10. The molecule has 0 radical (unpaired) electrons. The van der Waals surface area contributed by atoms with E-state index in [0.29, 0.717) is 6.61 Å². The fourth-order valence-corrected chi connectivity index (χ4v) is 3.79. The van der Waals surface area contributed by atoms with Gasteiger partial charge in [-0.1, -0.05) is 36.8 Å². The number of benzene rings is 2. The number of aromatic nitrogens is 1. The van der Waals surface area contributed by atoms with Gasteiger partial charge in [0.15, 0.2) is 0 Å². The number of aliphatic hydroxyl groups excluding tert-OH is 1. The van der Waals surface area contributed by atoms with Crippen molar-refractivity contribution < 1.29 is 9.84 Å². The minimum Gasteiger partial charge on any atom is -0.493 e. The highest BCUT2D eigenvalue weighted by Gasteiger charge is 2.25. The van der Waals surface area contributed by atoms with Crippen molar-refractivity contribution in [2.75, 3.05) is 13.2 Å². The normalized spacial score (nSPS) is 12.2. The van der Waals surface area contributed by atoms with E-state index in [4.69, 9.17) is 9.84 Å². The van der Waals surface area contributed by atoms with Crippen LogP contribution in [0.1, 0.15) is 36.8 Å². The number of aliphatic hydroxyl groups is 1. The summed E-state index contributed by atoms with van der Waals surface area (Å²) in [6.07, 6.45) is 4.72. The summed E-state index contributed by atoms with van der Waals surface area (Å²) in [6, 6.07) is 13.8. The molecule has 1 aliphatic carbocycles. The number of fused-ring (bicyclic) bond motifs is 5. The van der Waals surface area contributed by atoms with Gasteiger partial charge >= 0.3 is 0 Å². The highest BCUT2D eigenvalue weighted by atomic mass is 16.5. The lowest BCUT2D eigenvalue weighted by molar-refractivity contribution is 0.273. The van der Waals surface area contributed by atoms with Crippen LogP contribution in [-0.2, 0) is 6.42 Å². The molecule has 2 N–H and O–H groups in total. The fourth-order valence-electron chi connectivity index (χ4n) is 3.79. The van der Waals surface area contributed by atoms with Crippen LogP contribution in [0.2, 0.25) is 0 Å². The van der Waals surface area contributed by atoms with Crippen LogP contribution in [0.4, 0.5) is 0 Å².